The Bertz CT molecular complexity index is 775. The van der Waals surface area contributed by atoms with E-state index in [0.29, 0.717) is 25.2 Å². The lowest BCUT2D eigenvalue weighted by atomic mass is 9.64. The summed E-state index contributed by atoms with van der Waals surface area (Å²) in [5.41, 5.74) is 2.30. The van der Waals surface area contributed by atoms with Gasteiger partial charge in [0.15, 0.2) is 0 Å². The monoisotopic (exact) mass is 424 g/mol. The summed E-state index contributed by atoms with van der Waals surface area (Å²) in [4.78, 5) is 26.0. The molecule has 0 heterocycles. The van der Waals surface area contributed by atoms with E-state index in [2.05, 4.69) is 51.6 Å². The fraction of sp³-hybridized carbons (Fsp3) is 0.571. The lowest BCUT2D eigenvalue weighted by Gasteiger charge is -2.44. The van der Waals surface area contributed by atoms with Crippen LogP contribution in [0.4, 0.5) is 0 Å². The van der Waals surface area contributed by atoms with Crippen molar-refractivity contribution in [2.45, 2.75) is 84.7 Å². The first kappa shape index (κ1) is 25.1. The van der Waals surface area contributed by atoms with Gasteiger partial charge in [-0.3, -0.25) is 9.59 Å². The SMILES string of the molecule is C=CCC(C(=O)CC/C(C)=C/C)C(=O)O[C@@H]1C[C@H](C)CC[C@H]1C(C)(C)c1ccccc1. The van der Waals surface area contributed by atoms with Gasteiger partial charge in [0.1, 0.15) is 17.8 Å². The number of hydrogen-bond acceptors (Lipinski definition) is 3. The molecule has 0 amide bonds. The van der Waals surface area contributed by atoms with Gasteiger partial charge in [-0.05, 0) is 56.4 Å². The number of allylic oxidation sites excluding steroid dienone is 3. The van der Waals surface area contributed by atoms with Crippen molar-refractivity contribution in [3.63, 3.8) is 0 Å². The van der Waals surface area contributed by atoms with Crippen LogP contribution in [0.5, 0.6) is 0 Å². The van der Waals surface area contributed by atoms with Crippen LogP contribution in [0.1, 0.15) is 78.7 Å². The minimum absolute atomic E-state index is 0.0474. The average molecular weight is 425 g/mol. The summed E-state index contributed by atoms with van der Waals surface area (Å²) < 4.78 is 6.13. The maximum absolute atomic E-state index is 13.2. The zero-order valence-corrected chi connectivity index (χ0v) is 20.0. The summed E-state index contributed by atoms with van der Waals surface area (Å²) in [5, 5.41) is 0. The predicted molar refractivity (Wildman–Crippen MR) is 128 cm³/mol. The molecule has 170 valence electrons. The maximum atomic E-state index is 13.2. The molecule has 0 radical (unpaired) electrons. The molecule has 1 fully saturated rings. The molecule has 1 aliphatic carbocycles. The number of benzene rings is 1. The Balaban J connectivity index is 2.19. The molecule has 0 aromatic heterocycles. The summed E-state index contributed by atoms with van der Waals surface area (Å²) in [6.45, 7) is 14.4. The van der Waals surface area contributed by atoms with E-state index >= 15 is 0 Å². The quantitative estimate of drug-likeness (QED) is 0.235. The Hall–Kier alpha value is -2.16. The molecule has 3 heteroatoms. The zero-order chi connectivity index (χ0) is 23.0. The van der Waals surface area contributed by atoms with E-state index in [1.807, 2.05) is 26.0 Å². The molecule has 0 bridgehead atoms. The maximum Gasteiger partial charge on any atom is 0.317 e. The van der Waals surface area contributed by atoms with Crippen LogP contribution in [0.2, 0.25) is 0 Å². The van der Waals surface area contributed by atoms with E-state index in [0.717, 1.165) is 24.8 Å². The molecule has 31 heavy (non-hydrogen) atoms. The highest BCUT2D eigenvalue weighted by atomic mass is 16.5. The summed E-state index contributed by atoms with van der Waals surface area (Å²) in [6.07, 6.45) is 7.86. The molecule has 0 N–H and O–H groups in total. The van der Waals surface area contributed by atoms with E-state index in [1.54, 1.807) is 6.08 Å². The van der Waals surface area contributed by atoms with Crippen LogP contribution in [-0.4, -0.2) is 17.9 Å². The second kappa shape index (κ2) is 11.5. The van der Waals surface area contributed by atoms with Gasteiger partial charge in [0.05, 0.1) is 0 Å². The highest BCUT2D eigenvalue weighted by Crippen LogP contribution is 2.43. The number of ketones is 1. The Morgan fingerprint density at radius 2 is 1.87 bits per heavy atom. The van der Waals surface area contributed by atoms with Crippen molar-refractivity contribution < 1.29 is 14.3 Å². The second-order valence-corrected chi connectivity index (χ2v) is 9.77. The van der Waals surface area contributed by atoms with Crippen molar-refractivity contribution >= 4 is 11.8 Å². The third kappa shape index (κ3) is 6.66. The second-order valence-electron chi connectivity index (χ2n) is 9.77. The van der Waals surface area contributed by atoms with Crippen molar-refractivity contribution in [2.24, 2.45) is 17.8 Å². The third-order valence-electron chi connectivity index (χ3n) is 7.10. The predicted octanol–water partition coefficient (Wildman–Crippen LogP) is 6.82. The summed E-state index contributed by atoms with van der Waals surface area (Å²) in [5.74, 6) is -0.448. The lowest BCUT2D eigenvalue weighted by molar-refractivity contribution is -0.163. The van der Waals surface area contributed by atoms with Crippen LogP contribution in [-0.2, 0) is 19.7 Å². The van der Waals surface area contributed by atoms with E-state index in [9.17, 15) is 9.59 Å². The normalized spacial score (nSPS) is 23.1. The molecule has 2 rings (SSSR count). The number of ether oxygens (including phenoxy) is 1. The Morgan fingerprint density at radius 1 is 1.19 bits per heavy atom. The van der Waals surface area contributed by atoms with Gasteiger partial charge in [0, 0.05) is 12.3 Å². The molecule has 1 saturated carbocycles. The molecule has 3 nitrogen and oxygen atoms in total. The van der Waals surface area contributed by atoms with Crippen LogP contribution in [0.25, 0.3) is 0 Å². The van der Waals surface area contributed by atoms with Crippen molar-refractivity contribution in [3.8, 4) is 0 Å². The first-order valence-corrected chi connectivity index (χ1v) is 11.7. The average Bonchev–Trinajstić information content (AvgIpc) is 2.75. The number of carbonyl (C=O) groups excluding carboxylic acids is 2. The van der Waals surface area contributed by atoms with Gasteiger partial charge in [0.25, 0.3) is 0 Å². The lowest BCUT2D eigenvalue weighted by Crippen LogP contribution is -2.44. The summed E-state index contributed by atoms with van der Waals surface area (Å²) in [7, 11) is 0. The molecule has 4 atom stereocenters. The van der Waals surface area contributed by atoms with Gasteiger partial charge in [-0.1, -0.05) is 75.2 Å². The number of hydrogen-bond donors (Lipinski definition) is 0. The fourth-order valence-electron chi connectivity index (χ4n) is 4.76. The fourth-order valence-corrected chi connectivity index (χ4v) is 4.76. The first-order chi connectivity index (χ1) is 14.7. The minimum atomic E-state index is -0.750. The molecule has 0 aliphatic heterocycles. The number of esters is 1. The highest BCUT2D eigenvalue weighted by Gasteiger charge is 2.43. The van der Waals surface area contributed by atoms with Gasteiger partial charge in [0.2, 0.25) is 0 Å². The van der Waals surface area contributed by atoms with Gasteiger partial charge in [-0.15, -0.1) is 6.58 Å². The smallest absolute Gasteiger partial charge is 0.317 e. The van der Waals surface area contributed by atoms with Crippen molar-refractivity contribution in [1.29, 1.82) is 0 Å². The molecule has 0 spiro atoms. The number of Topliss-reactive ketones (excluding diaryl/α,β-unsaturated/α-hetero) is 1. The molecule has 1 unspecified atom stereocenters. The van der Waals surface area contributed by atoms with E-state index in [1.165, 1.54) is 5.56 Å². The van der Waals surface area contributed by atoms with Crippen LogP contribution in [0.15, 0.2) is 54.6 Å². The van der Waals surface area contributed by atoms with Crippen molar-refractivity contribution in [3.05, 3.63) is 60.2 Å². The Morgan fingerprint density at radius 3 is 2.48 bits per heavy atom. The van der Waals surface area contributed by atoms with Crippen LogP contribution >= 0.6 is 0 Å². The molecule has 1 aliphatic rings. The number of rotatable bonds is 10. The highest BCUT2D eigenvalue weighted by molar-refractivity contribution is 5.99. The largest absolute Gasteiger partial charge is 0.461 e. The van der Waals surface area contributed by atoms with E-state index in [-0.39, 0.29) is 29.2 Å². The van der Waals surface area contributed by atoms with E-state index < -0.39 is 5.92 Å². The standard InChI is InChI=1S/C28H40O3/c1-7-12-23(25(29)18-16-20(3)8-2)27(30)31-26-19-21(4)15-17-24(26)28(5,6)22-13-10-9-11-14-22/h7-11,13-14,21,23-24,26H,1,12,15-19H2,2-6H3/b20-8+/t21-,23?,24-,26-/m1/s1. The minimum Gasteiger partial charge on any atom is -0.461 e. The van der Waals surface area contributed by atoms with Crippen LogP contribution in [0, 0.1) is 17.8 Å². The molecular formula is C28H40O3. The zero-order valence-electron chi connectivity index (χ0n) is 20.0. The molecule has 1 aromatic carbocycles. The van der Waals surface area contributed by atoms with E-state index in [4.69, 9.17) is 4.74 Å². The summed E-state index contributed by atoms with van der Waals surface area (Å²) >= 11 is 0. The Labute approximate surface area is 189 Å². The molecule has 0 saturated heterocycles. The Kier molecular flexibility index (Phi) is 9.28. The molecular weight excluding hydrogens is 384 g/mol. The van der Waals surface area contributed by atoms with Crippen molar-refractivity contribution in [2.75, 3.05) is 0 Å². The third-order valence-corrected chi connectivity index (χ3v) is 7.10. The summed E-state index contributed by atoms with van der Waals surface area (Å²) in [6, 6.07) is 10.5. The number of carbonyl (C=O) groups is 2. The van der Waals surface area contributed by atoms with Crippen LogP contribution in [0.3, 0.4) is 0 Å². The first-order valence-electron chi connectivity index (χ1n) is 11.7. The van der Waals surface area contributed by atoms with Gasteiger partial charge in [-0.2, -0.15) is 0 Å². The molecule has 1 aromatic rings. The topological polar surface area (TPSA) is 43.4 Å². The van der Waals surface area contributed by atoms with Gasteiger partial charge in [-0.25, -0.2) is 0 Å². The van der Waals surface area contributed by atoms with Gasteiger partial charge < -0.3 is 4.74 Å². The van der Waals surface area contributed by atoms with Crippen molar-refractivity contribution in [1.82, 2.24) is 0 Å². The van der Waals surface area contributed by atoms with Gasteiger partial charge >= 0.3 is 5.97 Å². The van der Waals surface area contributed by atoms with Crippen LogP contribution < -0.4 is 0 Å².